The van der Waals surface area contributed by atoms with Gasteiger partial charge in [0.2, 0.25) is 0 Å². The van der Waals surface area contributed by atoms with Crippen LogP contribution in [0.1, 0.15) is 39.5 Å². The quantitative estimate of drug-likeness (QED) is 0.579. The third-order valence-electron chi connectivity index (χ3n) is 5.97. The van der Waals surface area contributed by atoms with E-state index in [4.69, 9.17) is 14.2 Å². The molecular formula is C26H25FN2O4. The number of benzene rings is 3. The molecule has 3 aliphatic heterocycles. The standard InChI is InChI=1S/C26H25FN2O4/c1-31-23-8-3-17-14-24(23)32-12-2-10-29-26(30)21-15-19(5-7-22(21)27)33-18-4-6-20-16(13-18)9-11-28-25(17)20/h3-8,13-15,25,28H,2,9-12H2,1H3,(H,29,30). The molecule has 1 atom stereocenters. The molecule has 6 nitrogen and oxygen atoms in total. The Balaban J connectivity index is 1.56. The lowest BCUT2D eigenvalue weighted by molar-refractivity contribution is 0.0947. The van der Waals surface area contributed by atoms with Crippen molar-refractivity contribution in [3.05, 3.63) is 82.7 Å². The van der Waals surface area contributed by atoms with Crippen molar-refractivity contribution >= 4 is 5.91 Å². The largest absolute Gasteiger partial charge is 0.493 e. The number of rotatable bonds is 1. The minimum atomic E-state index is -0.591. The number of hydrogen-bond donors (Lipinski definition) is 2. The number of carbonyl (C=O) groups is 1. The van der Waals surface area contributed by atoms with E-state index in [-0.39, 0.29) is 11.6 Å². The second-order valence-electron chi connectivity index (χ2n) is 8.11. The summed E-state index contributed by atoms with van der Waals surface area (Å²) >= 11 is 0. The van der Waals surface area contributed by atoms with Crippen molar-refractivity contribution < 1.29 is 23.4 Å². The van der Waals surface area contributed by atoms with E-state index in [9.17, 15) is 9.18 Å². The fourth-order valence-corrected chi connectivity index (χ4v) is 4.32. The molecule has 1 unspecified atom stereocenters. The lowest BCUT2D eigenvalue weighted by Gasteiger charge is -2.28. The van der Waals surface area contributed by atoms with Crippen LogP contribution >= 0.6 is 0 Å². The SMILES string of the molecule is COc1ccc2cc1OCCCNC(=O)c1cc(ccc1F)Oc1ccc3c(c1)CCNC23. The van der Waals surface area contributed by atoms with Crippen molar-refractivity contribution in [3.63, 3.8) is 0 Å². The Labute approximate surface area is 191 Å². The highest BCUT2D eigenvalue weighted by atomic mass is 19.1. The normalized spacial score (nSPS) is 17.8. The molecule has 33 heavy (non-hydrogen) atoms. The van der Waals surface area contributed by atoms with Crippen LogP contribution in [-0.2, 0) is 6.42 Å². The van der Waals surface area contributed by atoms with Gasteiger partial charge < -0.3 is 24.8 Å². The highest BCUT2D eigenvalue weighted by molar-refractivity contribution is 5.94. The van der Waals surface area contributed by atoms with Crippen LogP contribution in [-0.4, -0.2) is 32.7 Å². The number of nitrogens with one attached hydrogen (secondary N) is 2. The maximum absolute atomic E-state index is 14.3. The predicted molar refractivity (Wildman–Crippen MR) is 122 cm³/mol. The minimum Gasteiger partial charge on any atom is -0.493 e. The Morgan fingerprint density at radius 1 is 1.03 bits per heavy atom. The van der Waals surface area contributed by atoms with Gasteiger partial charge in [-0.3, -0.25) is 4.79 Å². The Hall–Kier alpha value is -3.58. The monoisotopic (exact) mass is 448 g/mol. The topological polar surface area (TPSA) is 68.8 Å². The van der Waals surface area contributed by atoms with Gasteiger partial charge in [-0.25, -0.2) is 4.39 Å². The van der Waals surface area contributed by atoms with Crippen LogP contribution in [0.5, 0.6) is 23.0 Å². The number of halogens is 1. The highest BCUT2D eigenvalue weighted by Crippen LogP contribution is 2.36. The van der Waals surface area contributed by atoms with Gasteiger partial charge in [0.05, 0.1) is 25.3 Å². The maximum Gasteiger partial charge on any atom is 0.254 e. The molecule has 0 radical (unpaired) electrons. The zero-order valence-electron chi connectivity index (χ0n) is 18.3. The number of methoxy groups -OCH3 is 1. The van der Waals surface area contributed by atoms with Crippen LogP contribution < -0.4 is 24.8 Å². The first-order chi connectivity index (χ1) is 16.1. The molecule has 3 aliphatic rings. The van der Waals surface area contributed by atoms with E-state index in [1.165, 1.54) is 29.3 Å². The Bertz CT molecular complexity index is 1200. The molecular weight excluding hydrogens is 423 g/mol. The fraction of sp³-hybridized carbons (Fsp3) is 0.269. The third-order valence-corrected chi connectivity index (χ3v) is 5.97. The Kier molecular flexibility index (Phi) is 5.88. The van der Waals surface area contributed by atoms with E-state index in [0.717, 1.165) is 18.5 Å². The zero-order valence-corrected chi connectivity index (χ0v) is 18.3. The molecule has 6 rings (SSSR count). The second kappa shape index (κ2) is 9.11. The van der Waals surface area contributed by atoms with Crippen molar-refractivity contribution in [1.82, 2.24) is 10.6 Å². The van der Waals surface area contributed by atoms with E-state index >= 15 is 0 Å². The summed E-state index contributed by atoms with van der Waals surface area (Å²) in [5, 5.41) is 6.34. The van der Waals surface area contributed by atoms with Gasteiger partial charge in [-0.05, 0) is 72.0 Å². The van der Waals surface area contributed by atoms with Crippen molar-refractivity contribution in [2.75, 3.05) is 26.8 Å². The Morgan fingerprint density at radius 2 is 1.88 bits per heavy atom. The summed E-state index contributed by atoms with van der Waals surface area (Å²) in [4.78, 5) is 12.5. The van der Waals surface area contributed by atoms with Crippen molar-refractivity contribution in [1.29, 1.82) is 0 Å². The maximum atomic E-state index is 14.3. The van der Waals surface area contributed by atoms with Crippen LogP contribution in [0.3, 0.4) is 0 Å². The van der Waals surface area contributed by atoms with Gasteiger partial charge in [-0.15, -0.1) is 0 Å². The van der Waals surface area contributed by atoms with Gasteiger partial charge in [0.15, 0.2) is 11.5 Å². The molecule has 0 saturated carbocycles. The lowest BCUT2D eigenvalue weighted by atomic mass is 9.89. The Morgan fingerprint density at radius 3 is 2.76 bits per heavy atom. The molecule has 0 aliphatic carbocycles. The molecule has 0 saturated heterocycles. The first-order valence-corrected chi connectivity index (χ1v) is 11.0. The van der Waals surface area contributed by atoms with E-state index in [1.807, 2.05) is 36.4 Å². The van der Waals surface area contributed by atoms with Gasteiger partial charge in [-0.2, -0.15) is 0 Å². The molecule has 0 spiro atoms. The summed E-state index contributed by atoms with van der Waals surface area (Å²) in [6.07, 6.45) is 1.42. The van der Waals surface area contributed by atoms with Crippen molar-refractivity contribution in [3.8, 4) is 23.0 Å². The smallest absolute Gasteiger partial charge is 0.254 e. The summed E-state index contributed by atoms with van der Waals surface area (Å²) in [6, 6.07) is 16.1. The molecule has 3 aromatic carbocycles. The average Bonchev–Trinajstić information content (AvgIpc) is 2.83. The molecule has 0 aromatic heterocycles. The van der Waals surface area contributed by atoms with Crippen LogP contribution in [0.25, 0.3) is 0 Å². The molecule has 3 aromatic rings. The number of hydrogen-bond acceptors (Lipinski definition) is 5. The summed E-state index contributed by atoms with van der Waals surface area (Å²) in [5.74, 6) is 1.28. The molecule has 170 valence electrons. The molecule has 1 amide bonds. The van der Waals surface area contributed by atoms with Gasteiger partial charge >= 0.3 is 0 Å². The fourth-order valence-electron chi connectivity index (χ4n) is 4.32. The van der Waals surface area contributed by atoms with Crippen LogP contribution in [0.4, 0.5) is 4.39 Å². The highest BCUT2D eigenvalue weighted by Gasteiger charge is 2.23. The summed E-state index contributed by atoms with van der Waals surface area (Å²) < 4.78 is 31.8. The predicted octanol–water partition coefficient (Wildman–Crippen LogP) is 4.37. The molecule has 7 heteroatoms. The van der Waals surface area contributed by atoms with Crippen molar-refractivity contribution in [2.45, 2.75) is 18.9 Å². The van der Waals surface area contributed by atoms with Crippen LogP contribution in [0, 0.1) is 5.82 Å². The van der Waals surface area contributed by atoms with E-state index in [1.54, 1.807) is 7.11 Å². The summed E-state index contributed by atoms with van der Waals surface area (Å²) in [6.45, 7) is 1.55. The lowest BCUT2D eigenvalue weighted by Crippen LogP contribution is -2.30. The summed E-state index contributed by atoms with van der Waals surface area (Å²) in [7, 11) is 1.61. The number of fused-ring (bicyclic) bond motifs is 6. The van der Waals surface area contributed by atoms with Crippen LogP contribution in [0.15, 0.2) is 54.6 Å². The van der Waals surface area contributed by atoms with Gasteiger partial charge in [-0.1, -0.05) is 12.1 Å². The second-order valence-corrected chi connectivity index (χ2v) is 8.11. The van der Waals surface area contributed by atoms with Crippen LogP contribution in [0.2, 0.25) is 0 Å². The first-order valence-electron chi connectivity index (χ1n) is 11.0. The molecule has 8 bridgehead atoms. The number of amides is 1. The molecule has 3 heterocycles. The number of carbonyl (C=O) groups excluding carboxylic acids is 1. The van der Waals surface area contributed by atoms with Gasteiger partial charge in [0, 0.05) is 13.1 Å². The van der Waals surface area contributed by atoms with E-state index in [2.05, 4.69) is 10.6 Å². The van der Waals surface area contributed by atoms with Gasteiger partial charge in [0.1, 0.15) is 17.3 Å². The first kappa shape index (κ1) is 21.3. The number of ether oxygens (including phenoxy) is 3. The summed E-state index contributed by atoms with van der Waals surface area (Å²) in [5.41, 5.74) is 3.38. The van der Waals surface area contributed by atoms with Crippen molar-refractivity contribution in [2.24, 2.45) is 0 Å². The van der Waals surface area contributed by atoms with Gasteiger partial charge in [0.25, 0.3) is 5.91 Å². The third kappa shape index (κ3) is 4.36. The molecule has 2 N–H and O–H groups in total. The zero-order chi connectivity index (χ0) is 22.8. The van der Waals surface area contributed by atoms with E-state index in [0.29, 0.717) is 42.6 Å². The average molecular weight is 448 g/mol. The molecule has 0 fully saturated rings. The van der Waals surface area contributed by atoms with E-state index < -0.39 is 11.7 Å². The minimum absolute atomic E-state index is 0.0200.